The summed E-state index contributed by atoms with van der Waals surface area (Å²) in [4.78, 5) is 15.8. The first-order valence-electron chi connectivity index (χ1n) is 5.22. The number of nitrogens with one attached hydrogen (secondary N) is 1. The summed E-state index contributed by atoms with van der Waals surface area (Å²) in [6.07, 6.45) is 6.42. The van der Waals surface area contributed by atoms with E-state index >= 15 is 0 Å². The molecule has 2 atom stereocenters. The molecule has 1 aliphatic rings. The lowest BCUT2D eigenvalue weighted by Crippen LogP contribution is -2.44. The molecule has 0 radical (unpaired) electrons. The molecule has 2 rings (SSSR count). The van der Waals surface area contributed by atoms with Crippen LogP contribution in [0.5, 0.6) is 0 Å². The van der Waals surface area contributed by atoms with Crippen LogP contribution < -0.4 is 11.1 Å². The zero-order valence-corrected chi connectivity index (χ0v) is 8.81. The Morgan fingerprint density at radius 2 is 2.47 bits per heavy atom. The van der Waals surface area contributed by atoms with Gasteiger partial charge in [-0.25, -0.2) is 4.98 Å². The molecule has 1 saturated carbocycles. The number of carbonyl (C=O) groups excluding carboxylic acids is 1. The van der Waals surface area contributed by atoms with Gasteiger partial charge in [-0.2, -0.15) is 0 Å². The van der Waals surface area contributed by atoms with Gasteiger partial charge in [-0.3, -0.25) is 4.79 Å². The van der Waals surface area contributed by atoms with E-state index in [1.807, 2.05) is 0 Å². The molecule has 1 heterocycles. The molecule has 5 heteroatoms. The summed E-state index contributed by atoms with van der Waals surface area (Å²) in [5.74, 6) is 0.305. The standard InChI is InChI=1S/C10H16N4O/c1-14-6-5-12-9(14)10(15)13-8-4-2-3-7(8)11/h5-8H,2-4,11H2,1H3,(H,13,15). The van der Waals surface area contributed by atoms with Crippen LogP contribution in [0.4, 0.5) is 0 Å². The Kier molecular flexibility index (Phi) is 2.73. The predicted octanol–water partition coefficient (Wildman–Crippen LogP) is 0.0297. The Balaban J connectivity index is 2.01. The largest absolute Gasteiger partial charge is 0.345 e. The predicted molar refractivity (Wildman–Crippen MR) is 56.3 cm³/mol. The van der Waals surface area contributed by atoms with E-state index in [0.717, 1.165) is 19.3 Å². The third-order valence-electron chi connectivity index (χ3n) is 2.91. The van der Waals surface area contributed by atoms with E-state index in [1.165, 1.54) is 0 Å². The van der Waals surface area contributed by atoms with Crippen molar-refractivity contribution >= 4 is 5.91 Å². The van der Waals surface area contributed by atoms with Crippen molar-refractivity contribution in [1.29, 1.82) is 0 Å². The maximum Gasteiger partial charge on any atom is 0.287 e. The molecule has 2 unspecified atom stereocenters. The fourth-order valence-corrected chi connectivity index (χ4v) is 1.99. The molecular weight excluding hydrogens is 192 g/mol. The van der Waals surface area contributed by atoms with Crippen LogP contribution >= 0.6 is 0 Å². The molecule has 3 N–H and O–H groups in total. The molecule has 1 aromatic heterocycles. The number of hydrogen-bond donors (Lipinski definition) is 2. The van der Waals surface area contributed by atoms with Crippen LogP contribution in [-0.4, -0.2) is 27.5 Å². The van der Waals surface area contributed by atoms with Crippen molar-refractivity contribution in [2.75, 3.05) is 0 Å². The summed E-state index contributed by atoms with van der Waals surface area (Å²) >= 11 is 0. The molecule has 0 bridgehead atoms. The number of hydrogen-bond acceptors (Lipinski definition) is 3. The van der Waals surface area contributed by atoms with Crippen molar-refractivity contribution in [3.8, 4) is 0 Å². The lowest BCUT2D eigenvalue weighted by atomic mass is 10.2. The molecule has 0 aliphatic heterocycles. The Morgan fingerprint density at radius 3 is 3.00 bits per heavy atom. The minimum atomic E-state index is -0.134. The zero-order valence-electron chi connectivity index (χ0n) is 8.81. The number of imidazole rings is 1. The van der Waals surface area contributed by atoms with Gasteiger partial charge < -0.3 is 15.6 Å². The van der Waals surface area contributed by atoms with E-state index in [0.29, 0.717) is 5.82 Å². The average Bonchev–Trinajstić information content (AvgIpc) is 2.76. The first-order chi connectivity index (χ1) is 7.18. The second-order valence-electron chi connectivity index (χ2n) is 4.04. The van der Waals surface area contributed by atoms with Crippen LogP contribution in [0.1, 0.15) is 29.9 Å². The number of aryl methyl sites for hydroxylation is 1. The molecule has 0 spiro atoms. The number of nitrogens with two attached hydrogens (primary N) is 1. The van der Waals surface area contributed by atoms with Gasteiger partial charge in [0, 0.05) is 31.5 Å². The van der Waals surface area contributed by atoms with Gasteiger partial charge in [-0.15, -0.1) is 0 Å². The summed E-state index contributed by atoms with van der Waals surface area (Å²) in [5.41, 5.74) is 5.88. The number of nitrogens with zero attached hydrogens (tertiary/aromatic N) is 2. The summed E-state index contributed by atoms with van der Waals surface area (Å²) < 4.78 is 1.70. The maximum absolute atomic E-state index is 11.8. The molecule has 82 valence electrons. The molecule has 0 saturated heterocycles. The molecule has 0 aromatic carbocycles. The van der Waals surface area contributed by atoms with E-state index < -0.39 is 0 Å². The second kappa shape index (κ2) is 4.02. The van der Waals surface area contributed by atoms with Crippen LogP contribution in [0.25, 0.3) is 0 Å². The Hall–Kier alpha value is -1.36. The smallest absolute Gasteiger partial charge is 0.287 e. The molecule has 1 aromatic rings. The minimum absolute atomic E-state index is 0.0919. The topological polar surface area (TPSA) is 72.9 Å². The molecule has 1 aliphatic carbocycles. The first-order valence-corrected chi connectivity index (χ1v) is 5.22. The van der Waals surface area contributed by atoms with Gasteiger partial charge in [0.1, 0.15) is 0 Å². The summed E-state index contributed by atoms with van der Waals surface area (Å²) in [6.45, 7) is 0. The number of amides is 1. The van der Waals surface area contributed by atoms with Gasteiger partial charge in [0.05, 0.1) is 0 Å². The highest BCUT2D eigenvalue weighted by molar-refractivity contribution is 5.91. The Morgan fingerprint density at radius 1 is 1.67 bits per heavy atom. The minimum Gasteiger partial charge on any atom is -0.345 e. The molecule has 15 heavy (non-hydrogen) atoms. The molecule has 5 nitrogen and oxygen atoms in total. The van der Waals surface area contributed by atoms with Crippen LogP contribution in [0.3, 0.4) is 0 Å². The van der Waals surface area contributed by atoms with Gasteiger partial charge in [0.15, 0.2) is 5.82 Å². The Bertz CT molecular complexity index is 360. The second-order valence-corrected chi connectivity index (χ2v) is 4.04. The monoisotopic (exact) mass is 208 g/mol. The van der Waals surface area contributed by atoms with Crippen LogP contribution in [-0.2, 0) is 7.05 Å². The third kappa shape index (κ3) is 2.02. The molecule has 1 fully saturated rings. The Labute approximate surface area is 88.7 Å². The van der Waals surface area contributed by atoms with Crippen LogP contribution in [0.2, 0.25) is 0 Å². The number of rotatable bonds is 2. The van der Waals surface area contributed by atoms with Crippen molar-refractivity contribution in [3.05, 3.63) is 18.2 Å². The fourth-order valence-electron chi connectivity index (χ4n) is 1.99. The first kappa shape index (κ1) is 10.2. The number of carbonyl (C=O) groups is 1. The molecular formula is C10H16N4O. The SMILES string of the molecule is Cn1ccnc1C(=O)NC1CCCC1N. The van der Waals surface area contributed by atoms with Gasteiger partial charge in [-0.05, 0) is 19.3 Å². The van der Waals surface area contributed by atoms with Crippen molar-refractivity contribution in [1.82, 2.24) is 14.9 Å². The molecule has 1 amide bonds. The van der Waals surface area contributed by atoms with Crippen LogP contribution in [0.15, 0.2) is 12.4 Å². The maximum atomic E-state index is 11.8. The van der Waals surface area contributed by atoms with Crippen molar-refractivity contribution < 1.29 is 4.79 Å². The summed E-state index contributed by atoms with van der Waals surface area (Å²) in [7, 11) is 1.80. The van der Waals surface area contributed by atoms with Gasteiger partial charge in [0.25, 0.3) is 5.91 Å². The third-order valence-corrected chi connectivity index (χ3v) is 2.91. The normalized spacial score (nSPS) is 25.5. The average molecular weight is 208 g/mol. The fraction of sp³-hybridized carbons (Fsp3) is 0.600. The van der Waals surface area contributed by atoms with E-state index in [2.05, 4.69) is 10.3 Å². The highest BCUT2D eigenvalue weighted by atomic mass is 16.2. The quantitative estimate of drug-likeness (QED) is 0.720. The van der Waals surface area contributed by atoms with E-state index in [4.69, 9.17) is 5.73 Å². The van der Waals surface area contributed by atoms with Crippen molar-refractivity contribution in [2.24, 2.45) is 12.8 Å². The lowest BCUT2D eigenvalue weighted by molar-refractivity contribution is 0.0921. The van der Waals surface area contributed by atoms with Gasteiger partial charge >= 0.3 is 0 Å². The lowest BCUT2D eigenvalue weighted by Gasteiger charge is -2.16. The highest BCUT2D eigenvalue weighted by Gasteiger charge is 2.26. The number of aromatic nitrogens is 2. The summed E-state index contributed by atoms with van der Waals surface area (Å²) in [6, 6.07) is 0.198. The summed E-state index contributed by atoms with van der Waals surface area (Å²) in [5, 5.41) is 2.92. The van der Waals surface area contributed by atoms with E-state index in [-0.39, 0.29) is 18.0 Å². The van der Waals surface area contributed by atoms with E-state index in [9.17, 15) is 4.79 Å². The van der Waals surface area contributed by atoms with Crippen LogP contribution in [0, 0.1) is 0 Å². The van der Waals surface area contributed by atoms with E-state index in [1.54, 1.807) is 24.0 Å². The van der Waals surface area contributed by atoms with Gasteiger partial charge in [-0.1, -0.05) is 0 Å². The zero-order chi connectivity index (χ0) is 10.8. The highest BCUT2D eigenvalue weighted by Crippen LogP contribution is 2.17. The van der Waals surface area contributed by atoms with Gasteiger partial charge in [0.2, 0.25) is 0 Å². The van der Waals surface area contributed by atoms with Crippen molar-refractivity contribution in [2.45, 2.75) is 31.3 Å². The van der Waals surface area contributed by atoms with Crippen molar-refractivity contribution in [3.63, 3.8) is 0 Å².